The van der Waals surface area contributed by atoms with Crippen molar-refractivity contribution in [1.29, 1.82) is 0 Å². The molecule has 0 radical (unpaired) electrons. The molecule has 0 N–H and O–H groups in total. The Balaban J connectivity index is 1.56. The van der Waals surface area contributed by atoms with E-state index in [2.05, 4.69) is 48.5 Å². The lowest BCUT2D eigenvalue weighted by Gasteiger charge is -2.21. The van der Waals surface area contributed by atoms with E-state index in [1.54, 1.807) is 0 Å². The average Bonchev–Trinajstić information content (AvgIpc) is 3.06. The molecule has 21 heavy (non-hydrogen) atoms. The maximum atomic E-state index is 5.92. The maximum Gasteiger partial charge on any atom is 0.0766 e. The first kappa shape index (κ1) is 11.8. The Morgan fingerprint density at radius 3 is 2.76 bits per heavy atom. The number of hydrogen-bond acceptors (Lipinski definition) is 1. The molecule has 2 unspecified atom stereocenters. The minimum Gasteiger partial charge on any atom is -0.371 e. The van der Waals surface area contributed by atoms with Crippen LogP contribution in [0.1, 0.15) is 36.0 Å². The van der Waals surface area contributed by atoms with Gasteiger partial charge in [-0.25, -0.2) is 0 Å². The zero-order chi connectivity index (χ0) is 13.8. The molecule has 2 heterocycles. The zero-order valence-electron chi connectivity index (χ0n) is 12.0. The van der Waals surface area contributed by atoms with E-state index in [-0.39, 0.29) is 0 Å². The van der Waals surface area contributed by atoms with Crippen molar-refractivity contribution in [1.82, 2.24) is 0 Å². The van der Waals surface area contributed by atoms with Crippen molar-refractivity contribution in [3.05, 3.63) is 65.2 Å². The summed E-state index contributed by atoms with van der Waals surface area (Å²) >= 11 is 0. The highest BCUT2D eigenvalue weighted by Gasteiger charge is 2.30. The fourth-order valence-corrected chi connectivity index (χ4v) is 4.10. The third-order valence-corrected chi connectivity index (χ3v) is 5.14. The van der Waals surface area contributed by atoms with Crippen LogP contribution in [0.15, 0.2) is 48.5 Å². The van der Waals surface area contributed by atoms with E-state index < -0.39 is 0 Å². The highest BCUT2D eigenvalue weighted by atomic mass is 16.5. The Hall–Kier alpha value is -1.86. The first-order valence-corrected chi connectivity index (χ1v) is 7.94. The van der Waals surface area contributed by atoms with Gasteiger partial charge in [0, 0.05) is 0 Å². The number of hydrogen-bond donors (Lipinski definition) is 0. The lowest BCUT2D eigenvalue weighted by Crippen LogP contribution is -2.15. The Labute approximate surface area is 125 Å². The summed E-state index contributed by atoms with van der Waals surface area (Å²) in [6, 6.07) is 15.8. The average molecular weight is 274 g/mol. The van der Waals surface area contributed by atoms with Crippen LogP contribution in [-0.4, -0.2) is 12.2 Å². The molecule has 1 fully saturated rings. The van der Waals surface area contributed by atoms with Crippen LogP contribution in [0.5, 0.6) is 0 Å². The van der Waals surface area contributed by atoms with E-state index in [0.29, 0.717) is 12.2 Å². The molecule has 1 nitrogen and oxygen atoms in total. The minimum absolute atomic E-state index is 0.365. The van der Waals surface area contributed by atoms with E-state index in [1.807, 2.05) is 0 Å². The quantitative estimate of drug-likeness (QED) is 0.630. The fraction of sp³-hybridized carbons (Fsp3) is 0.300. The van der Waals surface area contributed by atoms with Gasteiger partial charge in [-0.05, 0) is 59.1 Å². The lowest BCUT2D eigenvalue weighted by atomic mass is 9.95. The van der Waals surface area contributed by atoms with Crippen LogP contribution in [0.2, 0.25) is 0 Å². The second kappa shape index (κ2) is 4.32. The highest BCUT2D eigenvalue weighted by Crippen LogP contribution is 2.40. The largest absolute Gasteiger partial charge is 0.371 e. The highest BCUT2D eigenvalue weighted by molar-refractivity contribution is 5.80. The molecular formula is C20H18O. The van der Waals surface area contributed by atoms with Gasteiger partial charge in [-0.1, -0.05) is 48.5 Å². The van der Waals surface area contributed by atoms with Gasteiger partial charge in [0.15, 0.2) is 0 Å². The molecule has 3 aliphatic rings. The number of benzene rings is 2. The topological polar surface area (TPSA) is 9.23 Å². The Morgan fingerprint density at radius 1 is 0.905 bits per heavy atom. The minimum atomic E-state index is 0.365. The van der Waals surface area contributed by atoms with Crippen LogP contribution >= 0.6 is 0 Å². The van der Waals surface area contributed by atoms with Crippen molar-refractivity contribution in [2.24, 2.45) is 0 Å². The maximum absolute atomic E-state index is 5.92. The molecule has 0 aromatic heterocycles. The Morgan fingerprint density at radius 2 is 1.81 bits per heavy atom. The lowest BCUT2D eigenvalue weighted by molar-refractivity contribution is 0.0671. The molecule has 1 saturated heterocycles. The summed E-state index contributed by atoms with van der Waals surface area (Å²) in [6.45, 7) is 0. The Bertz CT molecular complexity index is 756. The second-order valence-electron chi connectivity index (χ2n) is 6.48. The standard InChI is InChI=1S/C20H18O/c1-2-4-19-14(3-1)10-16-9-13(5-8-20(16)19)15-11-17-6-7-18(12-15)21-17/h1-5,8-9,11,17-18H,6-7,10,12H2. The molecule has 1 aliphatic carbocycles. The summed E-state index contributed by atoms with van der Waals surface area (Å²) in [4.78, 5) is 0. The second-order valence-corrected chi connectivity index (χ2v) is 6.48. The van der Waals surface area contributed by atoms with Gasteiger partial charge in [-0.2, -0.15) is 0 Å². The predicted molar refractivity (Wildman–Crippen MR) is 85.2 cm³/mol. The summed E-state index contributed by atoms with van der Waals surface area (Å²) in [7, 11) is 0. The van der Waals surface area contributed by atoms with Crippen LogP contribution in [-0.2, 0) is 11.2 Å². The van der Waals surface area contributed by atoms with Crippen LogP contribution in [0.4, 0.5) is 0 Å². The summed E-state index contributed by atoms with van der Waals surface area (Å²) in [6.07, 6.45) is 7.77. The summed E-state index contributed by atoms with van der Waals surface area (Å²) in [5.74, 6) is 0. The van der Waals surface area contributed by atoms with Crippen molar-refractivity contribution in [2.75, 3.05) is 0 Å². The zero-order valence-corrected chi connectivity index (χ0v) is 12.0. The van der Waals surface area contributed by atoms with E-state index in [0.717, 1.165) is 12.8 Å². The van der Waals surface area contributed by atoms with Crippen LogP contribution in [0.3, 0.4) is 0 Å². The normalized spacial score (nSPS) is 25.4. The summed E-state index contributed by atoms with van der Waals surface area (Å²) in [5, 5.41) is 0. The molecule has 2 atom stereocenters. The van der Waals surface area contributed by atoms with E-state index in [1.165, 1.54) is 46.2 Å². The van der Waals surface area contributed by atoms with Gasteiger partial charge in [0.2, 0.25) is 0 Å². The molecule has 1 heteroatoms. The Kier molecular flexibility index (Phi) is 2.42. The third-order valence-electron chi connectivity index (χ3n) is 5.14. The van der Waals surface area contributed by atoms with Gasteiger partial charge in [-0.15, -0.1) is 0 Å². The molecule has 0 spiro atoms. The van der Waals surface area contributed by atoms with Crippen molar-refractivity contribution in [3.8, 4) is 11.1 Å². The van der Waals surface area contributed by atoms with Crippen LogP contribution in [0, 0.1) is 0 Å². The number of rotatable bonds is 1. The SMILES string of the molecule is C1=C(c2ccc3c(c2)Cc2ccccc2-3)CC2CCC1O2. The number of ether oxygens (including phenoxy) is 1. The fourth-order valence-electron chi connectivity index (χ4n) is 4.10. The van der Waals surface area contributed by atoms with Crippen LogP contribution in [0.25, 0.3) is 16.7 Å². The molecule has 2 aliphatic heterocycles. The molecule has 2 aromatic carbocycles. The summed E-state index contributed by atoms with van der Waals surface area (Å²) < 4.78 is 5.92. The van der Waals surface area contributed by atoms with Gasteiger partial charge in [0.25, 0.3) is 0 Å². The molecular weight excluding hydrogens is 256 g/mol. The van der Waals surface area contributed by atoms with Crippen molar-refractivity contribution in [2.45, 2.75) is 37.9 Å². The van der Waals surface area contributed by atoms with Gasteiger partial charge in [0.1, 0.15) is 0 Å². The number of fused-ring (bicyclic) bond motifs is 5. The summed E-state index contributed by atoms with van der Waals surface area (Å²) in [5.41, 5.74) is 8.68. The smallest absolute Gasteiger partial charge is 0.0766 e. The predicted octanol–water partition coefficient (Wildman–Crippen LogP) is 4.59. The van der Waals surface area contributed by atoms with Gasteiger partial charge >= 0.3 is 0 Å². The first-order valence-electron chi connectivity index (χ1n) is 7.94. The van der Waals surface area contributed by atoms with Crippen molar-refractivity contribution < 1.29 is 4.74 Å². The van der Waals surface area contributed by atoms with E-state index in [9.17, 15) is 0 Å². The van der Waals surface area contributed by atoms with Crippen molar-refractivity contribution in [3.63, 3.8) is 0 Å². The third kappa shape index (κ3) is 1.81. The molecule has 2 bridgehead atoms. The van der Waals surface area contributed by atoms with Gasteiger partial charge in [-0.3, -0.25) is 0 Å². The van der Waals surface area contributed by atoms with Crippen LogP contribution < -0.4 is 0 Å². The first-order chi connectivity index (χ1) is 10.4. The van der Waals surface area contributed by atoms with Gasteiger partial charge in [0.05, 0.1) is 12.2 Å². The molecule has 5 rings (SSSR count). The van der Waals surface area contributed by atoms with E-state index >= 15 is 0 Å². The molecule has 0 saturated carbocycles. The van der Waals surface area contributed by atoms with Crippen molar-refractivity contribution >= 4 is 5.57 Å². The monoisotopic (exact) mass is 274 g/mol. The molecule has 0 amide bonds. The van der Waals surface area contributed by atoms with E-state index in [4.69, 9.17) is 4.74 Å². The molecule has 2 aromatic rings. The molecule has 104 valence electrons. The van der Waals surface area contributed by atoms with Gasteiger partial charge < -0.3 is 4.74 Å².